The summed E-state index contributed by atoms with van der Waals surface area (Å²) in [6.45, 7) is 1.96. The maximum atomic E-state index is 13.0. The Morgan fingerprint density at radius 1 is 1.10 bits per heavy atom. The predicted octanol–water partition coefficient (Wildman–Crippen LogP) is 4.80. The Bertz CT molecular complexity index is 1310. The minimum absolute atomic E-state index is 0.00803. The number of likely N-dealkylation sites (tertiary alicyclic amines) is 1. The fourth-order valence-electron chi connectivity index (χ4n) is 4.85. The molecule has 2 N–H and O–H groups in total. The molecule has 2 saturated heterocycles. The highest BCUT2D eigenvalue weighted by molar-refractivity contribution is 7.18. The number of carbonyl (C=O) groups excluding carboxylic acids is 2. The highest BCUT2D eigenvalue weighted by atomic mass is 32.1. The number of benzene rings is 2. The summed E-state index contributed by atoms with van der Waals surface area (Å²) in [7, 11) is 0. The fraction of sp³-hybridized carbons (Fsp3) is 0.385. The van der Waals surface area contributed by atoms with Gasteiger partial charge in [-0.1, -0.05) is 41.7 Å². The SMILES string of the molecule is O=C(CN1CC2CCCOC(C2)C1)Nc1cc(C(=O)Nc2nnc(-c3ccccc3)s2)ccc1OC(F)(F)F. The molecule has 1 aromatic heterocycles. The molecule has 2 aliphatic heterocycles. The predicted molar refractivity (Wildman–Crippen MR) is 139 cm³/mol. The molecule has 2 unspecified atom stereocenters. The maximum absolute atomic E-state index is 13.0. The van der Waals surface area contributed by atoms with Crippen LogP contribution in [0.25, 0.3) is 10.6 Å². The molecule has 5 rings (SSSR count). The second kappa shape index (κ2) is 11.7. The quantitative estimate of drug-likeness (QED) is 0.427. The van der Waals surface area contributed by atoms with Crippen molar-refractivity contribution in [2.75, 3.05) is 36.9 Å². The molecule has 2 atom stereocenters. The van der Waals surface area contributed by atoms with E-state index in [2.05, 4.69) is 25.6 Å². The number of rotatable bonds is 7. The summed E-state index contributed by atoms with van der Waals surface area (Å²) < 4.78 is 49.1. The molecule has 2 bridgehead atoms. The lowest BCUT2D eigenvalue weighted by Gasteiger charge is -2.35. The third kappa shape index (κ3) is 7.31. The van der Waals surface area contributed by atoms with E-state index in [1.54, 1.807) is 0 Å². The van der Waals surface area contributed by atoms with E-state index < -0.39 is 23.9 Å². The van der Waals surface area contributed by atoms with Gasteiger partial charge in [0.25, 0.3) is 5.91 Å². The molecule has 0 aliphatic carbocycles. The molecule has 2 aromatic carbocycles. The van der Waals surface area contributed by atoms with Crippen LogP contribution in [-0.2, 0) is 9.53 Å². The summed E-state index contributed by atoms with van der Waals surface area (Å²) in [5.74, 6) is -1.35. The average molecular weight is 562 g/mol. The van der Waals surface area contributed by atoms with Crippen molar-refractivity contribution in [1.82, 2.24) is 15.1 Å². The highest BCUT2D eigenvalue weighted by Gasteiger charge is 2.33. The molecule has 3 aromatic rings. The van der Waals surface area contributed by atoms with Crippen LogP contribution < -0.4 is 15.4 Å². The van der Waals surface area contributed by atoms with Crippen molar-refractivity contribution < 1.29 is 32.2 Å². The number of alkyl halides is 3. The summed E-state index contributed by atoms with van der Waals surface area (Å²) in [6, 6.07) is 12.6. The number of halogens is 3. The smallest absolute Gasteiger partial charge is 0.404 e. The van der Waals surface area contributed by atoms with Crippen molar-refractivity contribution in [1.29, 1.82) is 0 Å². The Labute approximate surface area is 226 Å². The Balaban J connectivity index is 1.29. The number of piperidine rings is 1. The van der Waals surface area contributed by atoms with Crippen molar-refractivity contribution in [3.8, 4) is 16.3 Å². The number of hydrogen-bond donors (Lipinski definition) is 2. The van der Waals surface area contributed by atoms with Gasteiger partial charge in [0.1, 0.15) is 5.01 Å². The van der Waals surface area contributed by atoms with Crippen LogP contribution >= 0.6 is 11.3 Å². The Morgan fingerprint density at radius 3 is 2.72 bits per heavy atom. The van der Waals surface area contributed by atoms with Crippen molar-refractivity contribution in [2.45, 2.75) is 31.7 Å². The van der Waals surface area contributed by atoms with E-state index in [-0.39, 0.29) is 29.0 Å². The lowest BCUT2D eigenvalue weighted by atomic mass is 9.93. The zero-order valence-electron chi connectivity index (χ0n) is 20.7. The number of ether oxygens (including phenoxy) is 2. The maximum Gasteiger partial charge on any atom is 0.573 e. The second-order valence-electron chi connectivity index (χ2n) is 9.47. The first-order chi connectivity index (χ1) is 18.7. The van der Waals surface area contributed by atoms with Gasteiger partial charge < -0.3 is 14.8 Å². The first-order valence-corrected chi connectivity index (χ1v) is 13.3. The van der Waals surface area contributed by atoms with E-state index >= 15 is 0 Å². The van der Waals surface area contributed by atoms with Gasteiger partial charge in [-0.2, -0.15) is 0 Å². The summed E-state index contributed by atoms with van der Waals surface area (Å²) in [5, 5.41) is 13.9. The van der Waals surface area contributed by atoms with Gasteiger partial charge in [0.05, 0.1) is 18.3 Å². The molecule has 13 heteroatoms. The van der Waals surface area contributed by atoms with Gasteiger partial charge in [0.2, 0.25) is 11.0 Å². The molecule has 3 heterocycles. The highest BCUT2D eigenvalue weighted by Crippen LogP contribution is 2.33. The minimum atomic E-state index is -4.98. The van der Waals surface area contributed by atoms with Gasteiger partial charge in [0.15, 0.2) is 5.75 Å². The third-order valence-corrected chi connectivity index (χ3v) is 7.35. The first kappa shape index (κ1) is 27.0. The average Bonchev–Trinajstić information content (AvgIpc) is 3.28. The molecule has 2 fully saturated rings. The van der Waals surface area contributed by atoms with E-state index in [4.69, 9.17) is 4.74 Å². The van der Waals surface area contributed by atoms with Crippen LogP contribution in [0.15, 0.2) is 48.5 Å². The number of hydrogen-bond acceptors (Lipinski definition) is 8. The normalized spacial score (nSPS) is 19.7. The van der Waals surface area contributed by atoms with E-state index in [0.29, 0.717) is 30.6 Å². The Morgan fingerprint density at radius 2 is 1.92 bits per heavy atom. The molecule has 2 amide bonds. The van der Waals surface area contributed by atoms with Crippen LogP contribution in [0.3, 0.4) is 0 Å². The third-order valence-electron chi connectivity index (χ3n) is 6.46. The molecule has 39 heavy (non-hydrogen) atoms. The minimum Gasteiger partial charge on any atom is -0.404 e. The number of aromatic nitrogens is 2. The molecular weight excluding hydrogens is 535 g/mol. The number of carbonyl (C=O) groups is 2. The number of nitrogens with one attached hydrogen (secondary N) is 2. The standard InChI is InChI=1S/C26H26F3N5O4S/c27-26(28,29)38-21-9-8-18(23(36)31-25-33-32-24(39-25)17-6-2-1-3-7-17)12-20(21)30-22(35)15-34-13-16-5-4-10-37-19(11-16)14-34/h1-3,6-9,12,16,19H,4-5,10-11,13-15H2,(H,30,35)(H,31,33,36). The van der Waals surface area contributed by atoms with Crippen LogP contribution in [0.1, 0.15) is 29.6 Å². The summed E-state index contributed by atoms with van der Waals surface area (Å²) >= 11 is 1.15. The van der Waals surface area contributed by atoms with Crippen LogP contribution in [0.2, 0.25) is 0 Å². The molecule has 0 spiro atoms. The van der Waals surface area contributed by atoms with Gasteiger partial charge in [-0.05, 0) is 43.4 Å². The van der Waals surface area contributed by atoms with Crippen LogP contribution in [0, 0.1) is 5.92 Å². The molecular formula is C26H26F3N5O4S. The van der Waals surface area contributed by atoms with Crippen molar-refractivity contribution in [3.05, 3.63) is 54.1 Å². The zero-order chi connectivity index (χ0) is 27.4. The lowest BCUT2D eigenvalue weighted by Crippen LogP contribution is -2.46. The van der Waals surface area contributed by atoms with Crippen LogP contribution in [0.5, 0.6) is 5.75 Å². The molecule has 9 nitrogen and oxygen atoms in total. The molecule has 206 valence electrons. The summed E-state index contributed by atoms with van der Waals surface area (Å²) in [5.41, 5.74) is 0.570. The van der Waals surface area contributed by atoms with Crippen molar-refractivity contribution >= 4 is 34.0 Å². The first-order valence-electron chi connectivity index (χ1n) is 12.5. The number of amides is 2. The number of fused-ring (bicyclic) bond motifs is 2. The van der Waals surface area contributed by atoms with Crippen molar-refractivity contribution in [2.24, 2.45) is 5.92 Å². The van der Waals surface area contributed by atoms with Crippen LogP contribution in [-0.4, -0.2) is 65.6 Å². The van der Waals surface area contributed by atoms with Gasteiger partial charge in [-0.25, -0.2) is 0 Å². The van der Waals surface area contributed by atoms with Crippen LogP contribution in [0.4, 0.5) is 24.0 Å². The topological polar surface area (TPSA) is 106 Å². The van der Waals surface area contributed by atoms with Crippen molar-refractivity contribution in [3.63, 3.8) is 0 Å². The molecule has 0 saturated carbocycles. The van der Waals surface area contributed by atoms with Gasteiger partial charge in [-0.3, -0.25) is 19.8 Å². The van der Waals surface area contributed by atoms with E-state index in [9.17, 15) is 22.8 Å². The molecule has 0 radical (unpaired) electrons. The fourth-order valence-corrected chi connectivity index (χ4v) is 5.59. The summed E-state index contributed by atoms with van der Waals surface area (Å²) in [6.07, 6.45) is -2.02. The monoisotopic (exact) mass is 561 g/mol. The van der Waals surface area contributed by atoms with Gasteiger partial charge in [0, 0.05) is 30.8 Å². The Hall–Kier alpha value is -3.55. The zero-order valence-corrected chi connectivity index (χ0v) is 21.6. The Kier molecular flexibility index (Phi) is 8.10. The molecule has 2 aliphatic rings. The number of nitrogens with zero attached hydrogens (tertiary/aromatic N) is 3. The van der Waals surface area contributed by atoms with Gasteiger partial charge >= 0.3 is 6.36 Å². The van der Waals surface area contributed by atoms with E-state index in [1.165, 1.54) is 6.07 Å². The number of anilines is 2. The largest absolute Gasteiger partial charge is 0.573 e. The second-order valence-corrected chi connectivity index (χ2v) is 10.4. The van der Waals surface area contributed by atoms with Gasteiger partial charge in [-0.15, -0.1) is 23.4 Å². The summed E-state index contributed by atoms with van der Waals surface area (Å²) in [4.78, 5) is 27.7. The van der Waals surface area contributed by atoms with E-state index in [0.717, 1.165) is 48.3 Å². The van der Waals surface area contributed by atoms with E-state index in [1.807, 2.05) is 35.2 Å². The lowest BCUT2D eigenvalue weighted by molar-refractivity contribution is -0.274.